The monoisotopic (exact) mass is 476 g/mol. The first-order valence-electron chi connectivity index (χ1n) is 9.62. The fourth-order valence-corrected chi connectivity index (χ4v) is 6.16. The first-order chi connectivity index (χ1) is 14.0. The molecule has 3 aliphatic rings. The molecule has 2 aliphatic heterocycles. The van der Waals surface area contributed by atoms with Crippen LogP contribution in [0, 0.1) is 12.8 Å². The van der Waals surface area contributed by atoms with Gasteiger partial charge in [0.1, 0.15) is 17.4 Å². The van der Waals surface area contributed by atoms with E-state index in [1.165, 1.54) is 6.39 Å². The molecule has 1 saturated carbocycles. The second-order valence-corrected chi connectivity index (χ2v) is 9.73. The molecule has 1 aromatic heterocycles. The summed E-state index contributed by atoms with van der Waals surface area (Å²) in [4.78, 5) is 21.6. The Morgan fingerprint density at radius 1 is 1.41 bits per heavy atom. The topological polar surface area (TPSA) is 103 Å². The van der Waals surface area contributed by atoms with E-state index >= 15 is 0 Å². The molecule has 4 unspecified atom stereocenters. The van der Waals surface area contributed by atoms with Gasteiger partial charge in [0.15, 0.2) is 11.6 Å². The van der Waals surface area contributed by atoms with Crippen LogP contribution in [0.4, 0.5) is 0 Å². The van der Waals surface area contributed by atoms with Crippen LogP contribution >= 0.6 is 27.7 Å². The van der Waals surface area contributed by atoms with Gasteiger partial charge >= 0.3 is 0 Å². The van der Waals surface area contributed by atoms with Crippen molar-refractivity contribution >= 4 is 38.8 Å². The van der Waals surface area contributed by atoms with Crippen molar-refractivity contribution in [3.05, 3.63) is 46.1 Å². The summed E-state index contributed by atoms with van der Waals surface area (Å²) in [6.07, 6.45) is 3.82. The number of nitrogens with one attached hydrogen (secondary N) is 1. The van der Waals surface area contributed by atoms with E-state index in [4.69, 9.17) is 19.9 Å². The smallest absolute Gasteiger partial charge is 0.289 e. The van der Waals surface area contributed by atoms with Gasteiger partial charge in [-0.15, -0.1) is 0 Å². The highest BCUT2D eigenvalue weighted by atomic mass is 79.9. The summed E-state index contributed by atoms with van der Waals surface area (Å²) in [7, 11) is 0. The van der Waals surface area contributed by atoms with Crippen molar-refractivity contribution < 1.29 is 13.9 Å². The minimum Gasteiger partial charge on any atom is -0.490 e. The predicted octanol–water partition coefficient (Wildman–Crippen LogP) is 3.36. The maximum atomic E-state index is 12.6. The summed E-state index contributed by atoms with van der Waals surface area (Å²) >= 11 is 5.17. The van der Waals surface area contributed by atoms with Crippen molar-refractivity contribution in [2.75, 3.05) is 5.75 Å². The molecule has 3 heterocycles. The number of thioether (sulfide) groups is 1. The van der Waals surface area contributed by atoms with E-state index in [1.807, 2.05) is 12.1 Å². The number of halogens is 1. The zero-order valence-electron chi connectivity index (χ0n) is 15.9. The highest BCUT2D eigenvalue weighted by Gasteiger charge is 2.54. The Balaban J connectivity index is 1.45. The number of hydrogen-bond donors (Lipinski definition) is 2. The number of fused-ring (bicyclic) bond motifs is 4. The van der Waals surface area contributed by atoms with Crippen molar-refractivity contribution in [3.63, 3.8) is 0 Å². The van der Waals surface area contributed by atoms with E-state index in [1.54, 1.807) is 18.7 Å². The van der Waals surface area contributed by atoms with Gasteiger partial charge in [0, 0.05) is 27.7 Å². The first kappa shape index (κ1) is 19.0. The van der Waals surface area contributed by atoms with Gasteiger partial charge in [-0.3, -0.25) is 4.79 Å². The van der Waals surface area contributed by atoms with Crippen LogP contribution in [-0.4, -0.2) is 34.0 Å². The number of nitrogens with zero attached hydrogens (tertiary/aromatic N) is 2. The molecule has 1 spiro atoms. The van der Waals surface area contributed by atoms with Crippen LogP contribution in [0.5, 0.6) is 5.75 Å². The molecular formula is C20H21BrN4O3S. The second-order valence-electron chi connectivity index (χ2n) is 7.82. The molecule has 4 atom stereocenters. The Bertz CT molecular complexity index is 1010. The number of ether oxygens (including phenoxy) is 1. The number of oxazole rings is 1. The molecule has 9 heteroatoms. The highest BCUT2D eigenvalue weighted by Crippen LogP contribution is 2.54. The number of carbonyl (C=O) groups is 1. The van der Waals surface area contributed by atoms with Crippen molar-refractivity contribution in [2.24, 2.45) is 16.6 Å². The van der Waals surface area contributed by atoms with Crippen LogP contribution in [0.1, 0.15) is 41.1 Å². The maximum absolute atomic E-state index is 12.6. The quantitative estimate of drug-likeness (QED) is 0.688. The molecule has 1 amide bonds. The zero-order valence-corrected chi connectivity index (χ0v) is 18.3. The van der Waals surface area contributed by atoms with Crippen molar-refractivity contribution in [2.45, 2.75) is 43.9 Å². The summed E-state index contributed by atoms with van der Waals surface area (Å²) in [5, 5.41) is 3.74. The van der Waals surface area contributed by atoms with Gasteiger partial charge in [-0.2, -0.15) is 0 Å². The molecule has 1 aromatic carbocycles. The molecule has 29 heavy (non-hydrogen) atoms. The van der Waals surface area contributed by atoms with Crippen molar-refractivity contribution in [1.29, 1.82) is 0 Å². The summed E-state index contributed by atoms with van der Waals surface area (Å²) in [5.74, 6) is 1.85. The van der Waals surface area contributed by atoms with E-state index in [2.05, 4.69) is 32.3 Å². The van der Waals surface area contributed by atoms with Crippen LogP contribution in [0.3, 0.4) is 0 Å². The normalized spacial score (nSPS) is 30.3. The third-order valence-electron chi connectivity index (χ3n) is 6.12. The Labute approximate surface area is 181 Å². The van der Waals surface area contributed by atoms with Gasteiger partial charge in [-0.1, -0.05) is 27.7 Å². The summed E-state index contributed by atoms with van der Waals surface area (Å²) in [6, 6.07) is 6.11. The number of amidine groups is 1. The van der Waals surface area contributed by atoms with Crippen molar-refractivity contribution in [1.82, 2.24) is 10.3 Å². The molecule has 7 nitrogen and oxygen atoms in total. The maximum Gasteiger partial charge on any atom is 0.289 e. The predicted molar refractivity (Wildman–Crippen MR) is 114 cm³/mol. The number of aliphatic imine (C=N–C) groups is 1. The second kappa shape index (κ2) is 7.05. The summed E-state index contributed by atoms with van der Waals surface area (Å²) in [5.41, 5.74) is 7.36. The number of benzene rings is 1. The fraction of sp³-hybridized carbons (Fsp3) is 0.450. The molecule has 152 valence electrons. The Hall–Kier alpha value is -2.00. The highest BCUT2D eigenvalue weighted by molar-refractivity contribution is 9.10. The minimum absolute atomic E-state index is 0.0180. The number of carbonyl (C=O) groups excluding carboxylic acids is 1. The van der Waals surface area contributed by atoms with E-state index in [0.29, 0.717) is 10.9 Å². The molecule has 5 rings (SSSR count). The Morgan fingerprint density at radius 3 is 3.00 bits per heavy atom. The van der Waals surface area contributed by atoms with Crippen LogP contribution in [-0.2, 0) is 5.54 Å². The van der Waals surface area contributed by atoms with Crippen LogP contribution in [0.25, 0.3) is 0 Å². The minimum atomic E-state index is -0.428. The van der Waals surface area contributed by atoms with Gasteiger partial charge in [0.05, 0.1) is 5.69 Å². The number of aromatic nitrogens is 1. The third-order valence-corrected chi connectivity index (χ3v) is 7.59. The van der Waals surface area contributed by atoms with E-state index in [9.17, 15) is 4.79 Å². The zero-order chi connectivity index (χ0) is 20.2. The molecule has 1 aliphatic carbocycles. The lowest BCUT2D eigenvalue weighted by Gasteiger charge is -2.48. The van der Waals surface area contributed by atoms with Crippen LogP contribution in [0.15, 0.2) is 38.5 Å². The number of amides is 1. The van der Waals surface area contributed by atoms with E-state index < -0.39 is 5.54 Å². The van der Waals surface area contributed by atoms with Gasteiger partial charge < -0.3 is 20.2 Å². The lowest BCUT2D eigenvalue weighted by atomic mass is 9.67. The molecular weight excluding hydrogens is 456 g/mol. The van der Waals surface area contributed by atoms with Gasteiger partial charge in [0.2, 0.25) is 5.76 Å². The standard InChI is InChI=1S/C20H21BrN4O3S/c1-10-17(27-9-23-10)18(26)24-12-3-5-16-14(7-12)20(8-29-19(22)25-20)13-6-11(21)2-4-15(13)28-16/h2,4,6,9,12,14,16H,3,5,7-8H2,1H3,(H2,22,25)(H,24,26). The lowest BCUT2D eigenvalue weighted by Crippen LogP contribution is -2.54. The number of rotatable bonds is 2. The SMILES string of the molecule is Cc1ncoc1C(=O)NC1CCC2Oc3ccc(Br)cc3C3(CSC(N)=N3)C2C1. The first-order valence-corrected chi connectivity index (χ1v) is 11.4. The molecule has 1 fully saturated rings. The average molecular weight is 477 g/mol. The number of aryl methyl sites for hydroxylation is 1. The number of hydrogen-bond acceptors (Lipinski definition) is 7. The van der Waals surface area contributed by atoms with Gasteiger partial charge in [0.25, 0.3) is 5.91 Å². The fourth-order valence-electron chi connectivity index (χ4n) is 4.77. The van der Waals surface area contributed by atoms with Crippen molar-refractivity contribution in [3.8, 4) is 5.75 Å². The van der Waals surface area contributed by atoms with Crippen LogP contribution < -0.4 is 15.8 Å². The third kappa shape index (κ3) is 3.15. The van der Waals surface area contributed by atoms with E-state index in [-0.39, 0.29) is 29.7 Å². The molecule has 3 N–H and O–H groups in total. The summed E-state index contributed by atoms with van der Waals surface area (Å²) in [6.45, 7) is 1.77. The molecule has 2 aromatic rings. The van der Waals surface area contributed by atoms with Crippen LogP contribution in [0.2, 0.25) is 0 Å². The molecule has 0 radical (unpaired) electrons. The molecule has 0 bridgehead atoms. The number of nitrogens with two attached hydrogens (primary N) is 1. The molecule has 0 saturated heterocycles. The largest absolute Gasteiger partial charge is 0.490 e. The Kier molecular flexibility index (Phi) is 4.62. The average Bonchev–Trinajstić information content (AvgIpc) is 3.30. The Morgan fingerprint density at radius 2 is 2.28 bits per heavy atom. The lowest BCUT2D eigenvalue weighted by molar-refractivity contribution is 0.0153. The van der Waals surface area contributed by atoms with E-state index in [0.717, 1.165) is 40.8 Å². The van der Waals surface area contributed by atoms with Gasteiger partial charge in [-0.25, -0.2) is 9.98 Å². The van der Waals surface area contributed by atoms with Gasteiger partial charge in [-0.05, 0) is 44.4 Å². The summed E-state index contributed by atoms with van der Waals surface area (Å²) < 4.78 is 12.6.